The van der Waals surface area contributed by atoms with Crippen LogP contribution in [0.3, 0.4) is 0 Å². The molecule has 0 amide bonds. The summed E-state index contributed by atoms with van der Waals surface area (Å²) < 4.78 is 0. The van der Waals surface area contributed by atoms with E-state index in [1.165, 1.54) is 17.0 Å². The highest BCUT2D eigenvalue weighted by atomic mass is 14.9. The molecule has 1 aromatic heterocycles. The van der Waals surface area contributed by atoms with Crippen molar-refractivity contribution in [3.63, 3.8) is 0 Å². The van der Waals surface area contributed by atoms with Crippen molar-refractivity contribution in [3.8, 4) is 0 Å². The summed E-state index contributed by atoms with van der Waals surface area (Å²) in [5.41, 5.74) is 9.29. The molecule has 0 aromatic carbocycles. The Morgan fingerprint density at radius 3 is 1.88 bits per heavy atom. The van der Waals surface area contributed by atoms with E-state index >= 15 is 0 Å². The Balaban J connectivity index is 3.25. The second-order valence-corrected chi connectivity index (χ2v) is 4.35. The fraction of sp³-hybridized carbons (Fsp3) is 0.692. The Morgan fingerprint density at radius 2 is 1.56 bits per heavy atom. The van der Waals surface area contributed by atoms with Gasteiger partial charge in [0.05, 0.1) is 0 Å². The number of rotatable bonds is 5. The molecule has 1 rings (SSSR count). The zero-order valence-corrected chi connectivity index (χ0v) is 10.9. The standard InChI is InChI=1S/C13H23N3/c1-5-11-10(7-8-14)12(6-2)16-13(15-11)9(3)4/h9H,5-8,14H2,1-4H3. The Kier molecular flexibility index (Phi) is 4.87. The molecule has 90 valence electrons. The molecule has 3 heteroatoms. The lowest BCUT2D eigenvalue weighted by Gasteiger charge is -2.14. The van der Waals surface area contributed by atoms with Crippen molar-refractivity contribution >= 4 is 0 Å². The van der Waals surface area contributed by atoms with Gasteiger partial charge in [-0.15, -0.1) is 0 Å². The van der Waals surface area contributed by atoms with Crippen LogP contribution in [-0.2, 0) is 19.3 Å². The van der Waals surface area contributed by atoms with Crippen molar-refractivity contribution in [1.29, 1.82) is 0 Å². The molecule has 0 spiro atoms. The molecule has 1 heterocycles. The summed E-state index contributed by atoms with van der Waals surface area (Å²) >= 11 is 0. The molecule has 0 saturated carbocycles. The average Bonchev–Trinajstić information content (AvgIpc) is 2.29. The van der Waals surface area contributed by atoms with Crippen LogP contribution in [0.25, 0.3) is 0 Å². The van der Waals surface area contributed by atoms with Gasteiger partial charge < -0.3 is 5.73 Å². The molecule has 1 aromatic rings. The molecule has 0 saturated heterocycles. The van der Waals surface area contributed by atoms with Crippen molar-refractivity contribution < 1.29 is 0 Å². The van der Waals surface area contributed by atoms with Gasteiger partial charge in [0.2, 0.25) is 0 Å². The minimum Gasteiger partial charge on any atom is -0.330 e. The van der Waals surface area contributed by atoms with Crippen LogP contribution in [0, 0.1) is 0 Å². The summed E-state index contributed by atoms with van der Waals surface area (Å²) in [6, 6.07) is 0. The molecule has 2 N–H and O–H groups in total. The van der Waals surface area contributed by atoms with E-state index in [-0.39, 0.29) is 0 Å². The molecular weight excluding hydrogens is 198 g/mol. The van der Waals surface area contributed by atoms with Crippen LogP contribution in [0.4, 0.5) is 0 Å². The second kappa shape index (κ2) is 5.94. The predicted molar refractivity (Wildman–Crippen MR) is 67.6 cm³/mol. The van der Waals surface area contributed by atoms with Gasteiger partial charge in [0, 0.05) is 17.3 Å². The Hall–Kier alpha value is -0.960. The maximum atomic E-state index is 5.65. The maximum absolute atomic E-state index is 5.65. The molecule has 0 atom stereocenters. The third-order valence-corrected chi connectivity index (χ3v) is 2.78. The summed E-state index contributed by atoms with van der Waals surface area (Å²) in [4.78, 5) is 9.30. The highest BCUT2D eigenvalue weighted by molar-refractivity contribution is 5.27. The molecule has 0 fully saturated rings. The molecule has 16 heavy (non-hydrogen) atoms. The van der Waals surface area contributed by atoms with Crippen LogP contribution in [0.2, 0.25) is 0 Å². The van der Waals surface area contributed by atoms with Gasteiger partial charge >= 0.3 is 0 Å². The molecule has 0 unspecified atom stereocenters. The van der Waals surface area contributed by atoms with E-state index in [4.69, 9.17) is 5.73 Å². The third kappa shape index (κ3) is 2.79. The molecule has 0 aliphatic heterocycles. The lowest BCUT2D eigenvalue weighted by atomic mass is 10.0. The Labute approximate surface area is 98.5 Å². The quantitative estimate of drug-likeness (QED) is 0.829. The minimum atomic E-state index is 0.391. The number of hydrogen-bond acceptors (Lipinski definition) is 3. The van der Waals surface area contributed by atoms with E-state index in [2.05, 4.69) is 37.7 Å². The smallest absolute Gasteiger partial charge is 0.131 e. The number of nitrogens with two attached hydrogens (primary N) is 1. The molecule has 0 aliphatic rings. The van der Waals surface area contributed by atoms with Crippen molar-refractivity contribution in [2.75, 3.05) is 6.54 Å². The van der Waals surface area contributed by atoms with Crippen LogP contribution >= 0.6 is 0 Å². The first-order chi connectivity index (χ1) is 7.63. The zero-order valence-electron chi connectivity index (χ0n) is 10.9. The summed E-state index contributed by atoms with van der Waals surface area (Å²) in [5, 5.41) is 0. The molecule has 3 nitrogen and oxygen atoms in total. The lowest BCUT2D eigenvalue weighted by Crippen LogP contribution is -2.14. The van der Waals surface area contributed by atoms with Crippen LogP contribution in [-0.4, -0.2) is 16.5 Å². The largest absolute Gasteiger partial charge is 0.330 e. The van der Waals surface area contributed by atoms with Crippen molar-refractivity contribution in [2.45, 2.75) is 52.9 Å². The monoisotopic (exact) mass is 221 g/mol. The van der Waals surface area contributed by atoms with E-state index in [1.54, 1.807) is 0 Å². The number of aromatic nitrogens is 2. The highest BCUT2D eigenvalue weighted by Crippen LogP contribution is 2.18. The molecular formula is C13H23N3. The molecule has 0 bridgehead atoms. The normalized spacial score (nSPS) is 11.1. The van der Waals surface area contributed by atoms with E-state index in [1.807, 2.05) is 0 Å². The van der Waals surface area contributed by atoms with Gasteiger partial charge in [-0.05, 0) is 31.4 Å². The topological polar surface area (TPSA) is 51.8 Å². The Bertz CT molecular complexity index is 320. The first-order valence-electron chi connectivity index (χ1n) is 6.22. The van der Waals surface area contributed by atoms with E-state index in [9.17, 15) is 0 Å². The summed E-state index contributed by atoms with van der Waals surface area (Å²) in [6.07, 6.45) is 2.82. The molecule has 0 radical (unpaired) electrons. The van der Waals surface area contributed by atoms with Crippen molar-refractivity contribution in [2.24, 2.45) is 5.73 Å². The zero-order chi connectivity index (χ0) is 12.1. The predicted octanol–water partition coefficient (Wildman–Crippen LogP) is 2.23. The summed E-state index contributed by atoms with van der Waals surface area (Å²) in [7, 11) is 0. The number of aryl methyl sites for hydroxylation is 2. The third-order valence-electron chi connectivity index (χ3n) is 2.78. The number of nitrogens with zero attached hydrogens (tertiary/aromatic N) is 2. The van der Waals surface area contributed by atoms with E-state index in [0.717, 1.165) is 25.1 Å². The van der Waals surface area contributed by atoms with E-state index < -0.39 is 0 Å². The van der Waals surface area contributed by atoms with Gasteiger partial charge in [-0.25, -0.2) is 9.97 Å². The van der Waals surface area contributed by atoms with Gasteiger partial charge in [0.25, 0.3) is 0 Å². The summed E-state index contributed by atoms with van der Waals surface area (Å²) in [5.74, 6) is 1.36. The van der Waals surface area contributed by atoms with Crippen LogP contribution in [0.1, 0.15) is 56.4 Å². The number of hydrogen-bond donors (Lipinski definition) is 1. The minimum absolute atomic E-state index is 0.391. The van der Waals surface area contributed by atoms with Crippen molar-refractivity contribution in [1.82, 2.24) is 9.97 Å². The fourth-order valence-electron chi connectivity index (χ4n) is 1.88. The first kappa shape index (κ1) is 13.1. The summed E-state index contributed by atoms with van der Waals surface area (Å²) in [6.45, 7) is 9.23. The average molecular weight is 221 g/mol. The second-order valence-electron chi connectivity index (χ2n) is 4.35. The van der Waals surface area contributed by atoms with Gasteiger partial charge in [0.1, 0.15) is 5.82 Å². The molecule has 0 aliphatic carbocycles. The van der Waals surface area contributed by atoms with Gasteiger partial charge in [0.15, 0.2) is 0 Å². The highest BCUT2D eigenvalue weighted by Gasteiger charge is 2.13. The van der Waals surface area contributed by atoms with Crippen LogP contribution < -0.4 is 5.73 Å². The maximum Gasteiger partial charge on any atom is 0.131 e. The van der Waals surface area contributed by atoms with E-state index in [0.29, 0.717) is 12.5 Å². The fourth-order valence-corrected chi connectivity index (χ4v) is 1.88. The van der Waals surface area contributed by atoms with Crippen molar-refractivity contribution in [3.05, 3.63) is 22.8 Å². The van der Waals surface area contributed by atoms with Crippen LogP contribution in [0.15, 0.2) is 0 Å². The Morgan fingerprint density at radius 1 is 1.06 bits per heavy atom. The van der Waals surface area contributed by atoms with Gasteiger partial charge in [-0.2, -0.15) is 0 Å². The van der Waals surface area contributed by atoms with Crippen LogP contribution in [0.5, 0.6) is 0 Å². The van der Waals surface area contributed by atoms with Gasteiger partial charge in [-0.1, -0.05) is 27.7 Å². The lowest BCUT2D eigenvalue weighted by molar-refractivity contribution is 0.724. The van der Waals surface area contributed by atoms with Gasteiger partial charge in [-0.3, -0.25) is 0 Å². The SMILES string of the molecule is CCc1nc(C(C)C)nc(CC)c1CCN. The first-order valence-corrected chi connectivity index (χ1v) is 6.22.